The molecule has 0 N–H and O–H groups in total. The van der Waals surface area contributed by atoms with Gasteiger partial charge in [0.15, 0.2) is 0 Å². The average Bonchev–Trinajstić information content (AvgIpc) is 3.12. The van der Waals surface area contributed by atoms with Gasteiger partial charge in [-0.3, -0.25) is 0 Å². The molecule has 328 valence electrons. The molecule has 0 bridgehead atoms. The largest absolute Gasteiger partial charge is 0.0654 e. The summed E-state index contributed by atoms with van der Waals surface area (Å²) in [5.41, 5.74) is 0. The second-order valence-corrected chi connectivity index (χ2v) is 20.3. The quantitative estimate of drug-likeness (QED) is 0.0544. The van der Waals surface area contributed by atoms with E-state index in [2.05, 4.69) is 69.2 Å². The van der Waals surface area contributed by atoms with Crippen LogP contribution in [-0.2, 0) is 0 Å². The third-order valence-corrected chi connectivity index (χ3v) is 12.8. The Labute approximate surface area is 347 Å². The SMILES string of the molecule is CC(C)CCCC(C)CCCC(C)CCCCC(C)CCCC(C)CCCC(C)C.CCCCCCCCCCCCCCCCCCCCCCCC. The van der Waals surface area contributed by atoms with E-state index in [1.54, 1.807) is 0 Å². The van der Waals surface area contributed by atoms with Gasteiger partial charge in [0.05, 0.1) is 0 Å². The fraction of sp³-hybridized carbons (Fsp3) is 1.00. The molecule has 0 aliphatic rings. The van der Waals surface area contributed by atoms with Gasteiger partial charge in [0, 0.05) is 0 Å². The molecule has 4 atom stereocenters. The van der Waals surface area contributed by atoms with Crippen molar-refractivity contribution in [1.82, 2.24) is 0 Å². The van der Waals surface area contributed by atoms with E-state index in [1.807, 2.05) is 0 Å². The van der Waals surface area contributed by atoms with Crippen molar-refractivity contribution in [3.8, 4) is 0 Å². The summed E-state index contributed by atoms with van der Waals surface area (Å²) in [6.45, 7) is 23.9. The first-order valence-electron chi connectivity index (χ1n) is 26.1. The molecule has 0 aromatic rings. The Hall–Kier alpha value is 0. The maximum Gasteiger partial charge on any atom is -0.0443 e. The zero-order valence-corrected chi connectivity index (χ0v) is 40.3. The van der Waals surface area contributed by atoms with E-state index in [1.165, 1.54) is 244 Å². The lowest BCUT2D eigenvalue weighted by Crippen LogP contribution is -2.01. The van der Waals surface area contributed by atoms with Crippen molar-refractivity contribution < 1.29 is 0 Å². The predicted octanol–water partition coefficient (Wildman–Crippen LogP) is 20.7. The van der Waals surface area contributed by atoms with Gasteiger partial charge in [-0.2, -0.15) is 0 Å². The zero-order chi connectivity index (χ0) is 40.3. The molecule has 0 heteroatoms. The molecule has 0 heterocycles. The first kappa shape index (κ1) is 56.1. The molecule has 0 aromatic heterocycles. The van der Waals surface area contributed by atoms with Crippen molar-refractivity contribution in [3.05, 3.63) is 0 Å². The summed E-state index contributed by atoms with van der Waals surface area (Å²) in [7, 11) is 0. The molecule has 0 spiro atoms. The van der Waals surface area contributed by atoms with Crippen LogP contribution in [-0.4, -0.2) is 0 Å². The molecule has 0 aromatic carbocycles. The number of rotatable bonds is 42. The van der Waals surface area contributed by atoms with Crippen LogP contribution in [0, 0.1) is 35.5 Å². The lowest BCUT2D eigenvalue weighted by Gasteiger charge is -2.16. The topological polar surface area (TPSA) is 0 Å². The Balaban J connectivity index is 0. The van der Waals surface area contributed by atoms with Gasteiger partial charge in [0.25, 0.3) is 0 Å². The number of hydrogen-bond donors (Lipinski definition) is 0. The van der Waals surface area contributed by atoms with Crippen molar-refractivity contribution in [3.63, 3.8) is 0 Å². The van der Waals surface area contributed by atoms with Gasteiger partial charge < -0.3 is 0 Å². The maximum absolute atomic E-state index is 2.49. The van der Waals surface area contributed by atoms with Crippen molar-refractivity contribution in [2.75, 3.05) is 0 Å². The lowest BCUT2D eigenvalue weighted by molar-refractivity contribution is 0.369. The van der Waals surface area contributed by atoms with Gasteiger partial charge in [-0.15, -0.1) is 0 Å². The highest BCUT2D eigenvalue weighted by atomic mass is 14.2. The van der Waals surface area contributed by atoms with E-state index in [4.69, 9.17) is 0 Å². The zero-order valence-electron chi connectivity index (χ0n) is 40.3. The maximum atomic E-state index is 2.49. The van der Waals surface area contributed by atoms with E-state index in [-0.39, 0.29) is 0 Å². The minimum atomic E-state index is 0.878. The van der Waals surface area contributed by atoms with Crippen molar-refractivity contribution >= 4 is 0 Å². The van der Waals surface area contributed by atoms with Crippen LogP contribution < -0.4 is 0 Å². The fourth-order valence-corrected chi connectivity index (χ4v) is 8.62. The average molecular weight is 761 g/mol. The summed E-state index contributed by atoms with van der Waals surface area (Å²) >= 11 is 0. The second kappa shape index (κ2) is 45.7. The Morgan fingerprint density at radius 1 is 0.185 bits per heavy atom. The van der Waals surface area contributed by atoms with E-state index in [0.29, 0.717) is 0 Å². The molecule has 0 saturated carbocycles. The normalized spacial score (nSPS) is 14.0. The Kier molecular flexibility index (Phi) is 47.5. The Bertz CT molecular complexity index is 590. The van der Waals surface area contributed by atoms with E-state index in [9.17, 15) is 0 Å². The Morgan fingerprint density at radius 3 is 0.537 bits per heavy atom. The molecule has 54 heavy (non-hydrogen) atoms. The van der Waals surface area contributed by atoms with Gasteiger partial charge in [0.2, 0.25) is 0 Å². The molecule has 0 aliphatic carbocycles. The van der Waals surface area contributed by atoms with Gasteiger partial charge >= 0.3 is 0 Å². The highest BCUT2D eigenvalue weighted by molar-refractivity contribution is 4.62. The third kappa shape index (κ3) is 50.0. The smallest absolute Gasteiger partial charge is 0.0443 e. The van der Waals surface area contributed by atoms with Crippen molar-refractivity contribution in [2.45, 2.75) is 313 Å². The van der Waals surface area contributed by atoms with E-state index >= 15 is 0 Å². The predicted molar refractivity (Wildman–Crippen MR) is 253 cm³/mol. The van der Waals surface area contributed by atoms with Gasteiger partial charge in [-0.05, 0) is 35.5 Å². The Morgan fingerprint density at radius 2 is 0.352 bits per heavy atom. The van der Waals surface area contributed by atoms with Crippen molar-refractivity contribution in [2.24, 2.45) is 35.5 Å². The van der Waals surface area contributed by atoms with E-state index < -0.39 is 0 Å². The van der Waals surface area contributed by atoms with Gasteiger partial charge in [-0.25, -0.2) is 0 Å². The van der Waals surface area contributed by atoms with Crippen LogP contribution >= 0.6 is 0 Å². The molecule has 0 saturated heterocycles. The third-order valence-electron chi connectivity index (χ3n) is 12.8. The summed E-state index contributed by atoms with van der Waals surface area (Å²) in [6.07, 6.45) is 55.6. The molecular weight excluding hydrogens is 649 g/mol. The van der Waals surface area contributed by atoms with Crippen molar-refractivity contribution in [1.29, 1.82) is 0 Å². The standard InChI is InChI=1S/C30H62.C24H50/c1-25(2)15-11-19-29(7)23-13-21-27(5)17-9-10-18-28(6)22-14-24-30(8)20-12-16-26(3)4;1-3-5-7-9-11-13-15-17-19-21-23-24-22-20-18-16-14-12-10-8-6-4-2/h25-30H,9-24H2,1-8H3;3-24H2,1-2H3. The summed E-state index contributed by atoms with van der Waals surface area (Å²) in [4.78, 5) is 0. The van der Waals surface area contributed by atoms with Gasteiger partial charge in [-0.1, -0.05) is 313 Å². The van der Waals surface area contributed by atoms with Crippen LogP contribution in [0.5, 0.6) is 0 Å². The first-order valence-corrected chi connectivity index (χ1v) is 26.1. The van der Waals surface area contributed by atoms with Crippen LogP contribution in [0.1, 0.15) is 313 Å². The molecule has 0 aliphatic heterocycles. The van der Waals surface area contributed by atoms with Crippen LogP contribution in [0.4, 0.5) is 0 Å². The van der Waals surface area contributed by atoms with Crippen LogP contribution in [0.25, 0.3) is 0 Å². The molecule has 0 rings (SSSR count). The highest BCUT2D eigenvalue weighted by Crippen LogP contribution is 2.24. The number of hydrogen-bond acceptors (Lipinski definition) is 0. The molecule has 4 unspecified atom stereocenters. The fourth-order valence-electron chi connectivity index (χ4n) is 8.62. The van der Waals surface area contributed by atoms with Gasteiger partial charge in [0.1, 0.15) is 0 Å². The second-order valence-electron chi connectivity index (χ2n) is 20.3. The summed E-state index contributed by atoms with van der Waals surface area (Å²) in [6, 6.07) is 0. The first-order chi connectivity index (χ1) is 26.1. The number of unbranched alkanes of at least 4 members (excludes halogenated alkanes) is 22. The van der Waals surface area contributed by atoms with Crippen LogP contribution in [0.2, 0.25) is 0 Å². The summed E-state index contributed by atoms with van der Waals surface area (Å²) in [5.74, 6) is 5.51. The molecule has 0 amide bonds. The minimum Gasteiger partial charge on any atom is -0.0654 e. The van der Waals surface area contributed by atoms with Crippen LogP contribution in [0.15, 0.2) is 0 Å². The molecule has 0 nitrogen and oxygen atoms in total. The highest BCUT2D eigenvalue weighted by Gasteiger charge is 2.09. The summed E-state index contributed by atoms with van der Waals surface area (Å²) in [5, 5.41) is 0. The lowest BCUT2D eigenvalue weighted by atomic mass is 9.90. The molecule has 0 radical (unpaired) electrons. The summed E-state index contributed by atoms with van der Waals surface area (Å²) < 4.78 is 0. The minimum absolute atomic E-state index is 0.878. The molecular formula is C54H112. The monoisotopic (exact) mass is 761 g/mol. The van der Waals surface area contributed by atoms with Crippen LogP contribution in [0.3, 0.4) is 0 Å². The molecule has 0 fully saturated rings. The van der Waals surface area contributed by atoms with E-state index in [0.717, 1.165) is 35.5 Å².